The van der Waals surface area contributed by atoms with Gasteiger partial charge in [-0.2, -0.15) is 31.6 Å². The molecule has 1 fully saturated rings. The molecule has 2 heterocycles. The van der Waals surface area contributed by atoms with Gasteiger partial charge in [0.1, 0.15) is 11.1 Å². The predicted molar refractivity (Wildman–Crippen MR) is 65.1 cm³/mol. The average Bonchev–Trinajstić information content (AvgIpc) is 2.86. The Morgan fingerprint density at radius 1 is 1.38 bits per heavy atom. The summed E-state index contributed by atoms with van der Waals surface area (Å²) < 4.78 is 72.5. The van der Waals surface area contributed by atoms with Gasteiger partial charge in [0.2, 0.25) is 5.76 Å². The minimum atomic E-state index is -5.08. The average molecular weight is 357 g/mol. The summed E-state index contributed by atoms with van der Waals surface area (Å²) >= 11 is 0. The van der Waals surface area contributed by atoms with Crippen LogP contribution in [0.1, 0.15) is 11.5 Å². The normalized spacial score (nSPS) is 16.7. The van der Waals surface area contributed by atoms with Crippen molar-refractivity contribution in [2.45, 2.75) is 12.4 Å². The number of rotatable bonds is 2. The van der Waals surface area contributed by atoms with Crippen molar-refractivity contribution in [2.24, 2.45) is 5.41 Å². The van der Waals surface area contributed by atoms with Gasteiger partial charge in [-0.3, -0.25) is 0 Å². The van der Waals surface area contributed by atoms with Crippen molar-refractivity contribution in [2.75, 3.05) is 13.1 Å². The molecule has 1 aromatic heterocycles. The van der Waals surface area contributed by atoms with E-state index in [9.17, 15) is 26.3 Å². The topological polar surface area (TPSA) is 99.2 Å². The number of aromatic nitrogens is 1. The van der Waals surface area contributed by atoms with E-state index in [2.05, 4.69) is 21.1 Å². The minimum Gasteiger partial charge on any atom is -0.475 e. The summed E-state index contributed by atoms with van der Waals surface area (Å²) in [6, 6.07) is 2.89. The highest BCUT2D eigenvalue weighted by Crippen LogP contribution is 2.30. The van der Waals surface area contributed by atoms with E-state index in [-0.39, 0.29) is 5.69 Å². The maximum atomic E-state index is 12.2. The van der Waals surface area contributed by atoms with Gasteiger partial charge in [-0.05, 0) is 6.08 Å². The van der Waals surface area contributed by atoms with Crippen LogP contribution in [0.25, 0.3) is 6.08 Å². The SMILES string of the molecule is N#CC1(C=Cc2cc(C(F)(F)F)on2)CNC1.O=C(O)C(F)(F)F. The molecule has 12 heteroatoms. The number of nitrogens with zero attached hydrogens (tertiary/aromatic N) is 2. The van der Waals surface area contributed by atoms with Gasteiger partial charge in [0.25, 0.3) is 0 Å². The molecule has 0 amide bonds. The number of nitrogens with one attached hydrogen (secondary N) is 1. The Kier molecular flexibility index (Phi) is 5.62. The summed E-state index contributed by atoms with van der Waals surface area (Å²) in [5.41, 5.74) is -0.587. The Morgan fingerprint density at radius 3 is 2.21 bits per heavy atom. The van der Waals surface area contributed by atoms with E-state index >= 15 is 0 Å². The fraction of sp³-hybridized carbons (Fsp3) is 0.417. The molecule has 24 heavy (non-hydrogen) atoms. The van der Waals surface area contributed by atoms with E-state index in [4.69, 9.17) is 15.2 Å². The van der Waals surface area contributed by atoms with Crippen LogP contribution in [0.2, 0.25) is 0 Å². The number of hydrogen-bond donors (Lipinski definition) is 2. The Balaban J connectivity index is 0.000000351. The molecule has 6 nitrogen and oxygen atoms in total. The van der Waals surface area contributed by atoms with Crippen molar-refractivity contribution in [3.05, 3.63) is 23.6 Å². The predicted octanol–water partition coefficient (Wildman–Crippen LogP) is 2.45. The molecule has 0 bridgehead atoms. The lowest BCUT2D eigenvalue weighted by Gasteiger charge is -2.33. The smallest absolute Gasteiger partial charge is 0.475 e. The molecule has 1 aliphatic rings. The maximum Gasteiger partial charge on any atom is 0.490 e. The number of nitriles is 1. The van der Waals surface area contributed by atoms with Crippen molar-refractivity contribution < 1.29 is 40.8 Å². The first kappa shape index (κ1) is 19.5. The van der Waals surface area contributed by atoms with E-state index in [0.29, 0.717) is 13.1 Å². The van der Waals surface area contributed by atoms with E-state index in [1.807, 2.05) is 0 Å². The monoisotopic (exact) mass is 357 g/mol. The van der Waals surface area contributed by atoms with Gasteiger partial charge < -0.3 is 14.9 Å². The Hall–Kier alpha value is -2.55. The second-order valence-electron chi connectivity index (χ2n) is 4.62. The highest BCUT2D eigenvalue weighted by atomic mass is 19.4. The van der Waals surface area contributed by atoms with Crippen LogP contribution in [0, 0.1) is 16.7 Å². The molecule has 1 aliphatic heterocycles. The fourth-order valence-corrected chi connectivity index (χ4v) is 1.37. The zero-order valence-electron chi connectivity index (χ0n) is 11.6. The largest absolute Gasteiger partial charge is 0.490 e. The molecule has 2 rings (SSSR count). The number of halogens is 6. The van der Waals surface area contributed by atoms with Crippen LogP contribution < -0.4 is 5.32 Å². The third kappa shape index (κ3) is 5.27. The lowest BCUT2D eigenvalue weighted by atomic mass is 9.83. The number of aliphatic carboxylic acids is 1. The molecule has 0 unspecified atom stereocenters. The highest BCUT2D eigenvalue weighted by Gasteiger charge is 2.38. The Labute approximate surface area is 130 Å². The molecule has 0 aliphatic carbocycles. The molecule has 0 atom stereocenters. The van der Waals surface area contributed by atoms with Crippen molar-refractivity contribution >= 4 is 12.0 Å². The molecule has 2 N–H and O–H groups in total. The second kappa shape index (κ2) is 6.91. The summed E-state index contributed by atoms with van der Waals surface area (Å²) in [7, 11) is 0. The van der Waals surface area contributed by atoms with Crippen LogP contribution in [0.15, 0.2) is 16.7 Å². The van der Waals surface area contributed by atoms with Crippen molar-refractivity contribution in [3.63, 3.8) is 0 Å². The first-order valence-electron chi connectivity index (χ1n) is 6.05. The van der Waals surface area contributed by atoms with Crippen LogP contribution in [0.3, 0.4) is 0 Å². The lowest BCUT2D eigenvalue weighted by molar-refractivity contribution is -0.192. The summed E-state index contributed by atoms with van der Waals surface area (Å²) in [5, 5.41) is 22.2. The summed E-state index contributed by atoms with van der Waals surface area (Å²) in [6.45, 7) is 0.980. The number of carbonyl (C=O) groups is 1. The second-order valence-corrected chi connectivity index (χ2v) is 4.62. The number of carboxylic acids is 1. The zero-order valence-corrected chi connectivity index (χ0v) is 11.6. The Bertz CT molecular complexity index is 652. The van der Waals surface area contributed by atoms with Gasteiger partial charge in [-0.1, -0.05) is 11.2 Å². The first-order valence-corrected chi connectivity index (χ1v) is 6.05. The summed E-state index contributed by atoms with van der Waals surface area (Å²) in [5.74, 6) is -3.90. The van der Waals surface area contributed by atoms with Gasteiger partial charge in [-0.15, -0.1) is 0 Å². The molecule has 0 spiro atoms. The molecule has 132 valence electrons. The molecular weight excluding hydrogens is 348 g/mol. The van der Waals surface area contributed by atoms with Crippen LogP contribution in [-0.2, 0) is 11.0 Å². The van der Waals surface area contributed by atoms with Crippen LogP contribution in [0.5, 0.6) is 0 Å². The summed E-state index contributed by atoms with van der Waals surface area (Å²) in [6.07, 6.45) is -6.71. The van der Waals surface area contributed by atoms with Crippen LogP contribution >= 0.6 is 0 Å². The fourth-order valence-electron chi connectivity index (χ4n) is 1.37. The summed E-state index contributed by atoms with van der Waals surface area (Å²) in [4.78, 5) is 8.90. The Morgan fingerprint density at radius 2 is 1.92 bits per heavy atom. The first-order chi connectivity index (χ1) is 10.9. The zero-order chi connectivity index (χ0) is 18.6. The van der Waals surface area contributed by atoms with E-state index in [0.717, 1.165) is 6.07 Å². The lowest BCUT2D eigenvalue weighted by Crippen LogP contribution is -2.51. The molecule has 1 aromatic rings. The van der Waals surface area contributed by atoms with E-state index in [1.54, 1.807) is 6.08 Å². The van der Waals surface area contributed by atoms with Crippen molar-refractivity contribution in [1.82, 2.24) is 10.5 Å². The number of alkyl halides is 6. The number of hydrogen-bond acceptors (Lipinski definition) is 5. The standard InChI is InChI=1S/C10H8F3N3O.C2HF3O2/c11-10(12,13)8-3-7(16-17-8)1-2-9(4-14)5-15-6-9;3-2(4,5)1(6)7/h1-3,15H,5-6H2;(H,6,7). The molecule has 0 aromatic carbocycles. The van der Waals surface area contributed by atoms with E-state index < -0.39 is 29.5 Å². The van der Waals surface area contributed by atoms with Gasteiger partial charge >= 0.3 is 18.3 Å². The van der Waals surface area contributed by atoms with Gasteiger partial charge in [0.15, 0.2) is 0 Å². The van der Waals surface area contributed by atoms with Crippen LogP contribution in [0.4, 0.5) is 26.3 Å². The van der Waals surface area contributed by atoms with Crippen LogP contribution in [-0.4, -0.2) is 35.5 Å². The third-order valence-electron chi connectivity index (χ3n) is 2.73. The van der Waals surface area contributed by atoms with E-state index in [1.165, 1.54) is 6.08 Å². The van der Waals surface area contributed by atoms with Gasteiger partial charge in [0, 0.05) is 19.2 Å². The van der Waals surface area contributed by atoms with Crippen molar-refractivity contribution in [1.29, 1.82) is 5.26 Å². The molecule has 1 saturated heterocycles. The maximum absolute atomic E-state index is 12.2. The van der Waals surface area contributed by atoms with Crippen molar-refractivity contribution in [3.8, 4) is 6.07 Å². The minimum absolute atomic E-state index is 0.0545. The van der Waals surface area contributed by atoms with Gasteiger partial charge in [0.05, 0.1) is 6.07 Å². The highest BCUT2D eigenvalue weighted by molar-refractivity contribution is 5.73. The molecule has 0 radical (unpaired) electrons. The third-order valence-corrected chi connectivity index (χ3v) is 2.73. The van der Waals surface area contributed by atoms with Gasteiger partial charge in [-0.25, -0.2) is 4.79 Å². The molecular formula is C12H9F6N3O3. The quantitative estimate of drug-likeness (QED) is 0.789. The molecule has 0 saturated carbocycles. The number of carboxylic acid groups (broad SMARTS) is 1.